The minimum absolute atomic E-state index is 0.0598. The van der Waals surface area contributed by atoms with Gasteiger partial charge in [-0.2, -0.15) is 0 Å². The number of amides is 2. The van der Waals surface area contributed by atoms with Crippen LogP contribution >= 0.6 is 11.6 Å². The number of para-hydroxylation sites is 1. The molecular weight excluding hydrogens is 352 g/mol. The molecule has 2 amide bonds. The SMILES string of the molecule is Cc1ccccc1OCCCC(=O)NCCNC(=O)c1cccc(Cl)c1. The van der Waals surface area contributed by atoms with Crippen LogP contribution in [-0.2, 0) is 4.79 Å². The van der Waals surface area contributed by atoms with Crippen LogP contribution in [-0.4, -0.2) is 31.5 Å². The topological polar surface area (TPSA) is 67.4 Å². The lowest BCUT2D eigenvalue weighted by Gasteiger charge is -2.09. The van der Waals surface area contributed by atoms with Gasteiger partial charge in [-0.15, -0.1) is 0 Å². The van der Waals surface area contributed by atoms with Crippen LogP contribution < -0.4 is 15.4 Å². The summed E-state index contributed by atoms with van der Waals surface area (Å²) in [5.74, 6) is 0.570. The highest BCUT2D eigenvalue weighted by molar-refractivity contribution is 6.30. The molecule has 0 heterocycles. The average Bonchev–Trinajstić information content (AvgIpc) is 2.63. The highest BCUT2D eigenvalue weighted by Crippen LogP contribution is 2.16. The number of carbonyl (C=O) groups is 2. The molecule has 0 unspecified atom stereocenters. The summed E-state index contributed by atoms with van der Waals surface area (Å²) in [6.07, 6.45) is 1.02. The van der Waals surface area contributed by atoms with Gasteiger partial charge in [0.15, 0.2) is 0 Å². The molecular formula is C20H23ClN2O3. The molecule has 0 radical (unpaired) electrons. The Balaban J connectivity index is 1.56. The fourth-order valence-electron chi connectivity index (χ4n) is 2.33. The first-order valence-corrected chi connectivity index (χ1v) is 8.93. The lowest BCUT2D eigenvalue weighted by atomic mass is 10.2. The predicted molar refractivity (Wildman–Crippen MR) is 103 cm³/mol. The van der Waals surface area contributed by atoms with E-state index in [1.165, 1.54) is 0 Å². The number of rotatable bonds is 9. The molecule has 0 aliphatic carbocycles. The van der Waals surface area contributed by atoms with Gasteiger partial charge in [0.2, 0.25) is 5.91 Å². The third-order valence-corrected chi connectivity index (χ3v) is 3.95. The molecule has 0 spiro atoms. The van der Waals surface area contributed by atoms with Crippen molar-refractivity contribution in [3.8, 4) is 5.75 Å². The number of halogens is 1. The quantitative estimate of drug-likeness (QED) is 0.661. The molecule has 0 aromatic heterocycles. The minimum atomic E-state index is -0.214. The van der Waals surface area contributed by atoms with E-state index in [4.69, 9.17) is 16.3 Å². The number of ether oxygens (including phenoxy) is 1. The van der Waals surface area contributed by atoms with Gasteiger partial charge in [-0.3, -0.25) is 9.59 Å². The van der Waals surface area contributed by atoms with E-state index < -0.39 is 0 Å². The largest absolute Gasteiger partial charge is 0.493 e. The maximum atomic E-state index is 11.9. The van der Waals surface area contributed by atoms with Crippen molar-refractivity contribution in [2.24, 2.45) is 0 Å². The maximum Gasteiger partial charge on any atom is 0.251 e. The lowest BCUT2D eigenvalue weighted by molar-refractivity contribution is -0.121. The van der Waals surface area contributed by atoms with Crippen molar-refractivity contribution in [1.29, 1.82) is 0 Å². The Hall–Kier alpha value is -2.53. The molecule has 0 aliphatic heterocycles. The van der Waals surface area contributed by atoms with Crippen molar-refractivity contribution in [2.45, 2.75) is 19.8 Å². The van der Waals surface area contributed by atoms with Crippen molar-refractivity contribution < 1.29 is 14.3 Å². The summed E-state index contributed by atoms with van der Waals surface area (Å²) in [6.45, 7) is 3.21. The summed E-state index contributed by atoms with van der Waals surface area (Å²) in [6, 6.07) is 14.5. The first-order chi connectivity index (χ1) is 12.6. The van der Waals surface area contributed by atoms with E-state index in [1.54, 1.807) is 24.3 Å². The molecule has 2 N–H and O–H groups in total. The third-order valence-electron chi connectivity index (χ3n) is 3.72. The first-order valence-electron chi connectivity index (χ1n) is 8.55. The summed E-state index contributed by atoms with van der Waals surface area (Å²) >= 11 is 5.85. The summed E-state index contributed by atoms with van der Waals surface area (Å²) < 4.78 is 5.66. The normalized spacial score (nSPS) is 10.2. The Morgan fingerprint density at radius 3 is 2.58 bits per heavy atom. The maximum absolute atomic E-state index is 11.9. The van der Waals surface area contributed by atoms with E-state index in [1.807, 2.05) is 31.2 Å². The fourth-order valence-corrected chi connectivity index (χ4v) is 2.52. The Morgan fingerprint density at radius 2 is 1.81 bits per heavy atom. The van der Waals surface area contributed by atoms with Crippen LogP contribution in [0.25, 0.3) is 0 Å². The number of hydrogen-bond donors (Lipinski definition) is 2. The van der Waals surface area contributed by atoms with Crippen LogP contribution in [0.5, 0.6) is 5.75 Å². The van der Waals surface area contributed by atoms with Gasteiger partial charge in [0.25, 0.3) is 5.91 Å². The van der Waals surface area contributed by atoms with Crippen LogP contribution in [0.1, 0.15) is 28.8 Å². The molecule has 2 aromatic carbocycles. The van der Waals surface area contributed by atoms with Gasteiger partial charge < -0.3 is 15.4 Å². The van der Waals surface area contributed by atoms with Crippen molar-refractivity contribution >= 4 is 23.4 Å². The molecule has 0 atom stereocenters. The molecule has 26 heavy (non-hydrogen) atoms. The summed E-state index contributed by atoms with van der Waals surface area (Å²) in [7, 11) is 0. The molecule has 2 rings (SSSR count). The van der Waals surface area contributed by atoms with Gasteiger partial charge in [-0.25, -0.2) is 0 Å². The third kappa shape index (κ3) is 6.76. The molecule has 5 nitrogen and oxygen atoms in total. The Morgan fingerprint density at radius 1 is 1.04 bits per heavy atom. The van der Waals surface area contributed by atoms with E-state index in [-0.39, 0.29) is 11.8 Å². The zero-order valence-electron chi connectivity index (χ0n) is 14.8. The van der Waals surface area contributed by atoms with Crippen LogP contribution in [0, 0.1) is 6.92 Å². The van der Waals surface area contributed by atoms with Crippen LogP contribution in [0.2, 0.25) is 5.02 Å². The molecule has 0 fully saturated rings. The van der Waals surface area contributed by atoms with Gasteiger partial charge >= 0.3 is 0 Å². The molecule has 2 aromatic rings. The van der Waals surface area contributed by atoms with Gasteiger partial charge in [0.1, 0.15) is 5.75 Å². The zero-order valence-corrected chi connectivity index (χ0v) is 15.5. The number of carbonyl (C=O) groups excluding carboxylic acids is 2. The summed E-state index contributed by atoms with van der Waals surface area (Å²) in [5, 5.41) is 6.03. The monoisotopic (exact) mass is 374 g/mol. The zero-order chi connectivity index (χ0) is 18.8. The summed E-state index contributed by atoms with van der Waals surface area (Å²) in [4.78, 5) is 23.7. The second-order valence-corrected chi connectivity index (χ2v) is 6.27. The van der Waals surface area contributed by atoms with Crippen molar-refractivity contribution in [2.75, 3.05) is 19.7 Å². The number of benzene rings is 2. The van der Waals surface area contributed by atoms with E-state index in [0.29, 0.717) is 43.1 Å². The Bertz CT molecular complexity index is 749. The number of aryl methyl sites for hydroxylation is 1. The van der Waals surface area contributed by atoms with Crippen molar-refractivity contribution in [3.05, 3.63) is 64.7 Å². The van der Waals surface area contributed by atoms with Crippen LogP contribution in [0.15, 0.2) is 48.5 Å². The average molecular weight is 375 g/mol. The highest BCUT2D eigenvalue weighted by atomic mass is 35.5. The first kappa shape index (κ1) is 19.8. The van der Waals surface area contributed by atoms with E-state index in [9.17, 15) is 9.59 Å². The van der Waals surface area contributed by atoms with E-state index in [0.717, 1.165) is 11.3 Å². The second-order valence-electron chi connectivity index (χ2n) is 5.83. The minimum Gasteiger partial charge on any atom is -0.493 e. The molecule has 0 saturated carbocycles. The standard InChI is InChI=1S/C20H23ClN2O3/c1-15-6-2-3-9-18(15)26-13-5-10-19(24)22-11-12-23-20(25)16-7-4-8-17(21)14-16/h2-4,6-9,14H,5,10-13H2,1H3,(H,22,24)(H,23,25). The van der Waals surface area contributed by atoms with E-state index in [2.05, 4.69) is 10.6 Å². The second kappa shape index (κ2) is 10.5. The van der Waals surface area contributed by atoms with Crippen LogP contribution in [0.4, 0.5) is 0 Å². The number of nitrogens with one attached hydrogen (secondary N) is 2. The molecule has 0 bridgehead atoms. The number of hydrogen-bond acceptors (Lipinski definition) is 3. The van der Waals surface area contributed by atoms with Gasteiger partial charge in [-0.1, -0.05) is 35.9 Å². The predicted octanol–water partition coefficient (Wildman–Crippen LogP) is 3.35. The van der Waals surface area contributed by atoms with E-state index >= 15 is 0 Å². The molecule has 0 aliphatic rings. The molecule has 138 valence electrons. The van der Waals surface area contributed by atoms with Gasteiger partial charge in [-0.05, 0) is 43.2 Å². The van der Waals surface area contributed by atoms with Gasteiger partial charge in [0, 0.05) is 30.1 Å². The van der Waals surface area contributed by atoms with Crippen molar-refractivity contribution in [1.82, 2.24) is 10.6 Å². The van der Waals surface area contributed by atoms with Gasteiger partial charge in [0.05, 0.1) is 6.61 Å². The van der Waals surface area contributed by atoms with Crippen molar-refractivity contribution in [3.63, 3.8) is 0 Å². The Labute approximate surface area is 158 Å². The highest BCUT2D eigenvalue weighted by Gasteiger charge is 2.06. The molecule has 6 heteroatoms. The molecule has 0 saturated heterocycles. The lowest BCUT2D eigenvalue weighted by Crippen LogP contribution is -2.34. The van der Waals surface area contributed by atoms with Crippen LogP contribution in [0.3, 0.4) is 0 Å². The summed E-state index contributed by atoms with van der Waals surface area (Å²) in [5.41, 5.74) is 1.57. The smallest absolute Gasteiger partial charge is 0.251 e. The fraction of sp³-hybridized carbons (Fsp3) is 0.300. The Kier molecular flexibility index (Phi) is 7.96.